The first-order valence-electron chi connectivity index (χ1n) is 6.12. The largest absolute Gasteiger partial charge is 0.609 e. The Morgan fingerprint density at radius 1 is 1.43 bits per heavy atom. The van der Waals surface area contributed by atoms with Gasteiger partial charge in [-0.3, -0.25) is 4.98 Å². The van der Waals surface area contributed by atoms with E-state index in [-0.39, 0.29) is 5.75 Å². The summed E-state index contributed by atoms with van der Waals surface area (Å²) in [7, 11) is 0. The fourth-order valence-corrected chi connectivity index (χ4v) is 3.48. The normalized spacial score (nSPS) is 12.7. The predicted octanol–water partition coefficient (Wildman–Crippen LogP) is 2.77. The topological polar surface area (TPSA) is 86.8 Å². The Hall–Kier alpha value is -1.35. The second-order valence-electron chi connectivity index (χ2n) is 4.07. The molecule has 3 aromatic heterocycles. The number of ether oxygens (including phenoxy) is 1. The molecule has 21 heavy (non-hydrogen) atoms. The maximum Gasteiger partial charge on any atom is 0.322 e. The number of imidazole rings is 1. The highest BCUT2D eigenvalue weighted by Crippen LogP contribution is 2.23. The fourth-order valence-electron chi connectivity index (χ4n) is 1.71. The molecule has 0 aliphatic heterocycles. The fraction of sp³-hybridized carbons (Fsp3) is 0.250. The zero-order valence-corrected chi connectivity index (χ0v) is 13.4. The number of halogens is 1. The van der Waals surface area contributed by atoms with E-state index in [1.165, 1.54) is 6.20 Å². The molecular formula is C12H11ClN4O2S2. The minimum absolute atomic E-state index is 0.150. The number of nitrogens with one attached hydrogen (secondary N) is 1. The average molecular weight is 343 g/mol. The monoisotopic (exact) mass is 342 g/mol. The Bertz CT molecular complexity index is 732. The van der Waals surface area contributed by atoms with Crippen LogP contribution in [-0.2, 0) is 16.9 Å². The molecule has 0 aromatic carbocycles. The molecule has 0 aliphatic carbocycles. The SMILES string of the molecule is CCOc1nc(C[S+]([O-])c2nc3cscc3[nH]2)ncc1Cl. The lowest BCUT2D eigenvalue weighted by Crippen LogP contribution is -2.10. The second kappa shape index (κ2) is 6.18. The molecule has 1 unspecified atom stereocenters. The molecule has 0 amide bonds. The van der Waals surface area contributed by atoms with E-state index in [1.54, 1.807) is 11.3 Å². The van der Waals surface area contributed by atoms with E-state index >= 15 is 0 Å². The molecule has 0 radical (unpaired) electrons. The molecule has 1 N–H and O–H groups in total. The van der Waals surface area contributed by atoms with Gasteiger partial charge in [0.2, 0.25) is 5.88 Å². The number of rotatable bonds is 5. The first-order valence-corrected chi connectivity index (χ1v) is 8.76. The van der Waals surface area contributed by atoms with E-state index < -0.39 is 11.2 Å². The van der Waals surface area contributed by atoms with Crippen molar-refractivity contribution >= 4 is 45.1 Å². The van der Waals surface area contributed by atoms with Crippen molar-refractivity contribution in [2.24, 2.45) is 0 Å². The number of hydrogen-bond donors (Lipinski definition) is 1. The maximum atomic E-state index is 12.3. The Morgan fingerprint density at radius 3 is 3.05 bits per heavy atom. The molecule has 0 fully saturated rings. The van der Waals surface area contributed by atoms with Crippen LogP contribution in [0.2, 0.25) is 5.02 Å². The lowest BCUT2D eigenvalue weighted by atomic mass is 10.5. The zero-order chi connectivity index (χ0) is 14.8. The van der Waals surface area contributed by atoms with E-state index in [2.05, 4.69) is 19.9 Å². The number of H-pyrrole nitrogens is 1. The summed E-state index contributed by atoms with van der Waals surface area (Å²) >= 11 is 6.12. The molecule has 3 rings (SSSR count). The number of thiophene rings is 1. The second-order valence-corrected chi connectivity index (χ2v) is 6.59. The van der Waals surface area contributed by atoms with Gasteiger partial charge in [0.25, 0.3) is 0 Å². The summed E-state index contributed by atoms with van der Waals surface area (Å²) in [5.74, 6) is 0.859. The van der Waals surface area contributed by atoms with Crippen molar-refractivity contribution in [1.29, 1.82) is 0 Å². The lowest BCUT2D eigenvalue weighted by Gasteiger charge is -2.08. The van der Waals surface area contributed by atoms with Crippen molar-refractivity contribution in [2.45, 2.75) is 17.8 Å². The van der Waals surface area contributed by atoms with E-state index in [9.17, 15) is 4.55 Å². The summed E-state index contributed by atoms with van der Waals surface area (Å²) in [5, 5.41) is 4.59. The van der Waals surface area contributed by atoms with E-state index in [4.69, 9.17) is 16.3 Å². The van der Waals surface area contributed by atoms with Crippen LogP contribution >= 0.6 is 22.9 Å². The highest BCUT2D eigenvalue weighted by molar-refractivity contribution is 7.90. The average Bonchev–Trinajstić information content (AvgIpc) is 3.03. The van der Waals surface area contributed by atoms with Crippen LogP contribution in [0.25, 0.3) is 11.0 Å². The molecular weight excluding hydrogens is 332 g/mol. The third-order valence-corrected chi connectivity index (χ3v) is 4.76. The molecule has 3 aromatic rings. The van der Waals surface area contributed by atoms with E-state index in [0.717, 1.165) is 11.0 Å². The van der Waals surface area contributed by atoms with Crippen molar-refractivity contribution in [3.8, 4) is 5.88 Å². The summed E-state index contributed by atoms with van der Waals surface area (Å²) in [5.41, 5.74) is 1.70. The van der Waals surface area contributed by atoms with Gasteiger partial charge in [-0.25, -0.2) is 4.98 Å². The van der Waals surface area contributed by atoms with Crippen molar-refractivity contribution in [3.05, 3.63) is 27.8 Å². The standard InChI is InChI=1S/C12H11ClN4O2S2/c1-2-19-11-7(13)3-14-10(17-11)6-21(18)12-15-8-4-20-5-9(8)16-12/h3-5H,2,6H2,1H3,(H,15,16). The van der Waals surface area contributed by atoms with Crippen LogP contribution in [0.5, 0.6) is 5.88 Å². The summed E-state index contributed by atoms with van der Waals surface area (Å²) in [6.07, 6.45) is 1.45. The first kappa shape index (κ1) is 14.6. The molecule has 0 aliphatic rings. The van der Waals surface area contributed by atoms with Crippen LogP contribution in [0, 0.1) is 0 Å². The summed E-state index contributed by atoms with van der Waals surface area (Å²) < 4.78 is 17.6. The van der Waals surface area contributed by atoms with Crippen LogP contribution < -0.4 is 4.74 Å². The van der Waals surface area contributed by atoms with Crippen LogP contribution in [0.4, 0.5) is 0 Å². The third kappa shape index (κ3) is 3.13. The third-order valence-electron chi connectivity index (χ3n) is 2.62. The highest BCUT2D eigenvalue weighted by atomic mass is 35.5. The summed E-state index contributed by atoms with van der Waals surface area (Å²) in [6.45, 7) is 2.29. The van der Waals surface area contributed by atoms with Crippen molar-refractivity contribution in [1.82, 2.24) is 19.9 Å². The number of aromatic nitrogens is 4. The van der Waals surface area contributed by atoms with Gasteiger partial charge in [0.05, 0.1) is 18.3 Å². The minimum Gasteiger partial charge on any atom is -0.609 e. The Balaban J connectivity index is 1.79. The van der Waals surface area contributed by atoms with Gasteiger partial charge in [0.1, 0.15) is 10.5 Å². The summed E-state index contributed by atoms with van der Waals surface area (Å²) in [4.78, 5) is 15.6. The van der Waals surface area contributed by atoms with Gasteiger partial charge in [-0.05, 0) is 6.92 Å². The van der Waals surface area contributed by atoms with E-state index in [0.29, 0.717) is 28.5 Å². The van der Waals surface area contributed by atoms with Crippen LogP contribution in [0.1, 0.15) is 12.7 Å². The highest BCUT2D eigenvalue weighted by Gasteiger charge is 2.20. The predicted molar refractivity (Wildman–Crippen MR) is 82.3 cm³/mol. The number of fused-ring (bicyclic) bond motifs is 1. The van der Waals surface area contributed by atoms with Gasteiger partial charge in [-0.2, -0.15) is 9.97 Å². The Labute approximate surface area is 132 Å². The maximum absolute atomic E-state index is 12.3. The molecule has 6 nitrogen and oxygen atoms in total. The minimum atomic E-state index is -1.35. The van der Waals surface area contributed by atoms with E-state index in [1.807, 2.05) is 17.7 Å². The van der Waals surface area contributed by atoms with Gasteiger partial charge in [-0.1, -0.05) is 11.6 Å². The van der Waals surface area contributed by atoms with Gasteiger partial charge in [-0.15, -0.1) is 11.3 Å². The molecule has 0 bridgehead atoms. The quantitative estimate of drug-likeness (QED) is 0.720. The van der Waals surface area contributed by atoms with Gasteiger partial charge >= 0.3 is 5.16 Å². The van der Waals surface area contributed by atoms with Gasteiger partial charge in [0, 0.05) is 21.9 Å². The number of hydrogen-bond acceptors (Lipinski definition) is 6. The molecule has 0 saturated carbocycles. The Kier molecular flexibility index (Phi) is 4.29. The van der Waals surface area contributed by atoms with Gasteiger partial charge in [0.15, 0.2) is 11.6 Å². The first-order chi connectivity index (χ1) is 10.2. The van der Waals surface area contributed by atoms with Crippen molar-refractivity contribution in [2.75, 3.05) is 6.61 Å². The summed E-state index contributed by atoms with van der Waals surface area (Å²) in [6, 6.07) is 0. The zero-order valence-electron chi connectivity index (χ0n) is 11.0. The van der Waals surface area contributed by atoms with Crippen molar-refractivity contribution in [3.63, 3.8) is 0 Å². The smallest absolute Gasteiger partial charge is 0.322 e. The molecule has 9 heteroatoms. The van der Waals surface area contributed by atoms with Crippen molar-refractivity contribution < 1.29 is 9.29 Å². The lowest BCUT2D eigenvalue weighted by molar-refractivity contribution is 0.325. The number of nitrogens with zero attached hydrogens (tertiary/aromatic N) is 3. The Morgan fingerprint density at radius 2 is 2.29 bits per heavy atom. The van der Waals surface area contributed by atoms with Crippen LogP contribution in [0.15, 0.2) is 22.1 Å². The molecule has 0 saturated heterocycles. The molecule has 0 spiro atoms. The number of aromatic amines is 1. The molecule has 1 atom stereocenters. The van der Waals surface area contributed by atoms with Crippen LogP contribution in [0.3, 0.4) is 0 Å². The molecule has 3 heterocycles. The van der Waals surface area contributed by atoms with Crippen LogP contribution in [-0.4, -0.2) is 31.1 Å². The van der Waals surface area contributed by atoms with Gasteiger partial charge < -0.3 is 9.29 Å². The molecule has 110 valence electrons.